The zero-order valence-electron chi connectivity index (χ0n) is 11.9. The van der Waals surface area contributed by atoms with Crippen molar-refractivity contribution in [1.82, 2.24) is 15.3 Å². The Bertz CT molecular complexity index is 618. The summed E-state index contributed by atoms with van der Waals surface area (Å²) in [6.45, 7) is 7.78. The number of nitrogens with zero attached hydrogens (tertiary/aromatic N) is 2. The number of fused-ring (bicyclic) bond motifs is 1. The van der Waals surface area contributed by atoms with Crippen LogP contribution in [0.4, 0.5) is 0 Å². The fraction of sp³-hybridized carbons (Fsp3) is 0.571. The molecule has 0 saturated carbocycles. The van der Waals surface area contributed by atoms with Gasteiger partial charge in [0.25, 0.3) is 0 Å². The van der Waals surface area contributed by atoms with Crippen molar-refractivity contribution in [3.8, 4) is 10.0 Å². The first kappa shape index (κ1) is 14.4. The Labute approximate surface area is 132 Å². The molecule has 3 nitrogen and oxygen atoms in total. The van der Waals surface area contributed by atoms with E-state index in [0.717, 1.165) is 33.7 Å². The van der Waals surface area contributed by atoms with E-state index in [1.807, 2.05) is 0 Å². The second kappa shape index (κ2) is 5.37. The van der Waals surface area contributed by atoms with Crippen molar-refractivity contribution in [3.63, 3.8) is 0 Å². The number of aromatic nitrogens is 2. The molecule has 0 aromatic carbocycles. The molecule has 0 saturated heterocycles. The Kier molecular flexibility index (Phi) is 3.88. The lowest BCUT2D eigenvalue weighted by molar-refractivity contribution is 0.260. The first-order valence-corrected chi connectivity index (χ1v) is 8.84. The number of thiazole rings is 2. The zero-order chi connectivity index (χ0) is 14.3. The summed E-state index contributed by atoms with van der Waals surface area (Å²) < 4.78 is 0.719. The van der Waals surface area contributed by atoms with Crippen molar-refractivity contribution >= 4 is 34.3 Å². The van der Waals surface area contributed by atoms with Gasteiger partial charge >= 0.3 is 0 Å². The molecule has 0 bridgehead atoms. The molecule has 1 aliphatic rings. The van der Waals surface area contributed by atoms with Crippen LogP contribution >= 0.6 is 34.3 Å². The molecule has 6 heteroatoms. The maximum absolute atomic E-state index is 5.98. The normalized spacial score (nSPS) is 20.9. The molecule has 0 amide bonds. The van der Waals surface area contributed by atoms with Crippen LogP contribution in [0.15, 0.2) is 6.20 Å². The van der Waals surface area contributed by atoms with E-state index in [1.165, 1.54) is 21.9 Å². The van der Waals surface area contributed by atoms with Gasteiger partial charge in [0.05, 0.1) is 11.9 Å². The molecule has 20 heavy (non-hydrogen) atoms. The molecule has 1 unspecified atom stereocenters. The number of rotatable bonds is 3. The quantitative estimate of drug-likeness (QED) is 0.899. The van der Waals surface area contributed by atoms with Gasteiger partial charge in [-0.05, 0) is 24.8 Å². The van der Waals surface area contributed by atoms with Gasteiger partial charge in [0.2, 0.25) is 0 Å². The third-order valence-corrected chi connectivity index (χ3v) is 6.03. The van der Waals surface area contributed by atoms with Gasteiger partial charge in [0.1, 0.15) is 4.34 Å². The summed E-state index contributed by atoms with van der Waals surface area (Å²) in [5, 5.41) is 5.53. The van der Waals surface area contributed by atoms with Crippen molar-refractivity contribution < 1.29 is 0 Å². The van der Waals surface area contributed by atoms with Gasteiger partial charge in [-0.3, -0.25) is 0 Å². The molecule has 108 valence electrons. The summed E-state index contributed by atoms with van der Waals surface area (Å²) in [5.74, 6) is 0. The fourth-order valence-electron chi connectivity index (χ4n) is 2.79. The Morgan fingerprint density at radius 2 is 2.20 bits per heavy atom. The standard InChI is InChI=1S/C14H18ClN3S2/c1-4-16-8-5-14(2,3)6-9-11(8)20-13(18-9)12-17-7-10(15)19-12/h7-8,16H,4-6H2,1-3H3. The highest BCUT2D eigenvalue weighted by Gasteiger charge is 2.35. The van der Waals surface area contributed by atoms with Crippen molar-refractivity contribution in [1.29, 1.82) is 0 Å². The van der Waals surface area contributed by atoms with E-state index >= 15 is 0 Å². The largest absolute Gasteiger partial charge is 0.309 e. The molecular weight excluding hydrogens is 310 g/mol. The van der Waals surface area contributed by atoms with E-state index in [9.17, 15) is 0 Å². The summed E-state index contributed by atoms with van der Waals surface area (Å²) in [7, 11) is 0. The van der Waals surface area contributed by atoms with Crippen LogP contribution in [0, 0.1) is 5.41 Å². The molecule has 0 aliphatic heterocycles. The van der Waals surface area contributed by atoms with Gasteiger partial charge < -0.3 is 5.32 Å². The van der Waals surface area contributed by atoms with Crippen molar-refractivity contribution in [2.24, 2.45) is 5.41 Å². The lowest BCUT2D eigenvalue weighted by Crippen LogP contribution is -2.32. The van der Waals surface area contributed by atoms with Crippen LogP contribution in [-0.4, -0.2) is 16.5 Å². The van der Waals surface area contributed by atoms with Crippen molar-refractivity contribution in [3.05, 3.63) is 21.1 Å². The second-order valence-corrected chi connectivity index (χ2v) is 8.65. The van der Waals surface area contributed by atoms with Gasteiger partial charge in [-0.25, -0.2) is 9.97 Å². The minimum absolute atomic E-state index is 0.297. The fourth-order valence-corrected chi connectivity index (χ4v) is 4.88. The van der Waals surface area contributed by atoms with Crippen LogP contribution in [0.3, 0.4) is 0 Å². The third-order valence-electron chi connectivity index (χ3n) is 3.56. The molecule has 2 heterocycles. The van der Waals surface area contributed by atoms with Gasteiger partial charge in [0, 0.05) is 10.9 Å². The molecule has 2 aromatic heterocycles. The van der Waals surface area contributed by atoms with E-state index in [1.54, 1.807) is 17.5 Å². The van der Waals surface area contributed by atoms with Crippen LogP contribution in [0.5, 0.6) is 0 Å². The molecular formula is C14H18ClN3S2. The predicted molar refractivity (Wildman–Crippen MR) is 86.8 cm³/mol. The average molecular weight is 328 g/mol. The van der Waals surface area contributed by atoms with Crippen LogP contribution < -0.4 is 5.32 Å². The summed E-state index contributed by atoms with van der Waals surface area (Å²) in [4.78, 5) is 10.6. The lowest BCUT2D eigenvalue weighted by atomic mass is 9.76. The van der Waals surface area contributed by atoms with Crippen LogP contribution in [-0.2, 0) is 6.42 Å². The van der Waals surface area contributed by atoms with Crippen molar-refractivity contribution in [2.45, 2.75) is 39.7 Å². The number of halogens is 1. The van der Waals surface area contributed by atoms with Gasteiger partial charge in [-0.1, -0.05) is 43.7 Å². The molecule has 0 radical (unpaired) electrons. The van der Waals surface area contributed by atoms with E-state index in [0.29, 0.717) is 11.5 Å². The molecule has 1 N–H and O–H groups in total. The molecule has 3 rings (SSSR count). The van der Waals surface area contributed by atoms with Crippen LogP contribution in [0.25, 0.3) is 10.0 Å². The van der Waals surface area contributed by atoms with E-state index in [4.69, 9.17) is 16.6 Å². The average Bonchev–Trinajstić information content (AvgIpc) is 2.94. The molecule has 2 aromatic rings. The summed E-state index contributed by atoms with van der Waals surface area (Å²) in [6.07, 6.45) is 3.90. The highest BCUT2D eigenvalue weighted by Crippen LogP contribution is 2.45. The molecule has 0 spiro atoms. The van der Waals surface area contributed by atoms with E-state index in [-0.39, 0.29) is 0 Å². The zero-order valence-corrected chi connectivity index (χ0v) is 14.3. The topological polar surface area (TPSA) is 37.8 Å². The number of nitrogens with one attached hydrogen (secondary N) is 1. The van der Waals surface area contributed by atoms with E-state index in [2.05, 4.69) is 31.1 Å². The highest BCUT2D eigenvalue weighted by atomic mass is 35.5. The Balaban J connectivity index is 1.99. The molecule has 0 fully saturated rings. The van der Waals surface area contributed by atoms with E-state index < -0.39 is 0 Å². The monoisotopic (exact) mass is 327 g/mol. The van der Waals surface area contributed by atoms with Gasteiger partial charge in [-0.2, -0.15) is 0 Å². The third kappa shape index (κ3) is 2.77. The van der Waals surface area contributed by atoms with Crippen LogP contribution in [0.2, 0.25) is 4.34 Å². The maximum atomic E-state index is 5.98. The Hall–Kier alpha value is -0.490. The minimum Gasteiger partial charge on any atom is -0.309 e. The highest BCUT2D eigenvalue weighted by molar-refractivity contribution is 7.23. The minimum atomic E-state index is 0.297. The van der Waals surface area contributed by atoms with Crippen LogP contribution in [0.1, 0.15) is 43.8 Å². The smallest absolute Gasteiger partial charge is 0.153 e. The number of hydrogen-bond donors (Lipinski definition) is 1. The SMILES string of the molecule is CCNC1CC(C)(C)Cc2nc(-c3ncc(Cl)s3)sc21. The van der Waals surface area contributed by atoms with Gasteiger partial charge in [0.15, 0.2) is 10.0 Å². The first-order chi connectivity index (χ1) is 9.48. The number of hydrogen-bond acceptors (Lipinski definition) is 5. The summed E-state index contributed by atoms with van der Waals surface area (Å²) >= 11 is 9.25. The summed E-state index contributed by atoms with van der Waals surface area (Å²) in [5.41, 5.74) is 1.53. The lowest BCUT2D eigenvalue weighted by Gasteiger charge is -2.34. The Morgan fingerprint density at radius 1 is 1.40 bits per heavy atom. The molecule has 1 atom stereocenters. The van der Waals surface area contributed by atoms with Crippen molar-refractivity contribution in [2.75, 3.05) is 6.54 Å². The summed E-state index contributed by atoms with van der Waals surface area (Å²) in [6, 6.07) is 0.417. The van der Waals surface area contributed by atoms with Gasteiger partial charge in [-0.15, -0.1) is 11.3 Å². The maximum Gasteiger partial charge on any atom is 0.153 e. The first-order valence-electron chi connectivity index (χ1n) is 6.83. The Morgan fingerprint density at radius 3 is 2.85 bits per heavy atom. The predicted octanol–water partition coefficient (Wildman–Crippen LogP) is 4.54. The second-order valence-electron chi connectivity index (χ2n) is 5.95. The molecule has 1 aliphatic carbocycles.